The van der Waals surface area contributed by atoms with E-state index in [-0.39, 0.29) is 0 Å². The predicted molar refractivity (Wildman–Crippen MR) is 123 cm³/mol. The summed E-state index contributed by atoms with van der Waals surface area (Å²) >= 11 is 0. The Balaban J connectivity index is 1.51. The van der Waals surface area contributed by atoms with E-state index in [1.165, 1.54) is 12.2 Å². The van der Waals surface area contributed by atoms with Crippen molar-refractivity contribution in [3.8, 4) is 0 Å². The third-order valence-electron chi connectivity index (χ3n) is 5.40. The highest BCUT2D eigenvalue weighted by Crippen LogP contribution is 2.36. The molecule has 0 saturated heterocycles. The second-order valence-corrected chi connectivity index (χ2v) is 7.52. The molecule has 7 nitrogen and oxygen atoms in total. The van der Waals surface area contributed by atoms with Gasteiger partial charge in [0.25, 0.3) is 23.6 Å². The Morgan fingerprint density at radius 1 is 0.485 bits per heavy atom. The molecule has 0 unspecified atom stereocenters. The number of nitrogens with zero attached hydrogens (tertiary/aromatic N) is 1. The fraction of sp³-hybridized carbons (Fsp3) is 0. The van der Waals surface area contributed by atoms with Crippen LogP contribution in [0.3, 0.4) is 0 Å². The molecule has 0 spiro atoms. The van der Waals surface area contributed by atoms with Crippen LogP contribution in [0, 0.1) is 0 Å². The molecule has 160 valence electrons. The minimum Gasteiger partial charge on any atom is -0.311 e. The normalized spacial score (nSPS) is 15.2. The van der Waals surface area contributed by atoms with Crippen LogP contribution in [0.4, 0.5) is 17.1 Å². The predicted octanol–water partition coefficient (Wildman–Crippen LogP) is 3.24. The molecule has 2 N–H and O–H groups in total. The molecule has 2 aliphatic heterocycles. The Morgan fingerprint density at radius 3 is 1.24 bits per heavy atom. The summed E-state index contributed by atoms with van der Waals surface area (Å²) in [6, 6.07) is 24.4. The molecule has 0 bridgehead atoms. The topological polar surface area (TPSA) is 95.6 Å². The molecule has 4 amide bonds. The number of para-hydroxylation sites is 1. The van der Waals surface area contributed by atoms with Gasteiger partial charge in [0.1, 0.15) is 0 Å². The quantitative estimate of drug-likeness (QED) is 0.600. The number of carbonyl (C=O) groups excluding carboxylic acids is 4. The lowest BCUT2D eigenvalue weighted by Gasteiger charge is -2.26. The van der Waals surface area contributed by atoms with E-state index in [1.807, 2.05) is 59.5 Å². The number of benzene rings is 3. The standard InChI is InChI=1S/C26H17N3O4/c30-23-14-21(25(32)27-23)16-6-10-19(11-7-16)29(18-4-2-1-3-5-18)20-12-8-17(9-13-20)22-15-24(31)28-26(22)33/h1-15H,(H,27,30,32)(H,28,31,33). The van der Waals surface area contributed by atoms with Crippen LogP contribution in [0.1, 0.15) is 11.1 Å². The number of amides is 4. The number of nitrogens with one attached hydrogen (secondary N) is 2. The van der Waals surface area contributed by atoms with Crippen LogP contribution in [-0.4, -0.2) is 23.6 Å². The highest BCUT2D eigenvalue weighted by atomic mass is 16.2. The molecule has 3 aromatic rings. The van der Waals surface area contributed by atoms with Crippen molar-refractivity contribution in [2.75, 3.05) is 4.90 Å². The van der Waals surface area contributed by atoms with Crippen molar-refractivity contribution >= 4 is 51.8 Å². The minimum atomic E-state index is -0.419. The molecule has 3 aromatic carbocycles. The number of anilines is 3. The van der Waals surface area contributed by atoms with E-state index in [2.05, 4.69) is 10.6 Å². The van der Waals surface area contributed by atoms with Gasteiger partial charge in [-0.2, -0.15) is 0 Å². The van der Waals surface area contributed by atoms with Crippen molar-refractivity contribution in [2.45, 2.75) is 0 Å². The monoisotopic (exact) mass is 435 g/mol. The molecule has 5 rings (SSSR count). The zero-order valence-corrected chi connectivity index (χ0v) is 17.2. The molecule has 0 radical (unpaired) electrons. The smallest absolute Gasteiger partial charge is 0.258 e. The molecular formula is C26H17N3O4. The summed E-state index contributed by atoms with van der Waals surface area (Å²) in [4.78, 5) is 48.9. The fourth-order valence-corrected chi connectivity index (χ4v) is 3.86. The maximum Gasteiger partial charge on any atom is 0.258 e. The summed E-state index contributed by atoms with van der Waals surface area (Å²) in [7, 11) is 0. The Labute approximate surface area is 189 Å². The average molecular weight is 435 g/mol. The fourth-order valence-electron chi connectivity index (χ4n) is 3.86. The summed E-state index contributed by atoms with van der Waals surface area (Å²) in [6.45, 7) is 0. The Bertz CT molecular complexity index is 1270. The number of rotatable bonds is 5. The first-order valence-corrected chi connectivity index (χ1v) is 10.2. The van der Waals surface area contributed by atoms with Crippen molar-refractivity contribution in [3.63, 3.8) is 0 Å². The molecule has 0 atom stereocenters. The van der Waals surface area contributed by atoms with Gasteiger partial charge in [-0.25, -0.2) is 0 Å². The van der Waals surface area contributed by atoms with Gasteiger partial charge in [-0.15, -0.1) is 0 Å². The van der Waals surface area contributed by atoms with E-state index in [4.69, 9.17) is 0 Å². The Morgan fingerprint density at radius 2 is 0.879 bits per heavy atom. The zero-order valence-electron chi connectivity index (χ0n) is 17.2. The highest BCUT2D eigenvalue weighted by molar-refractivity contribution is 6.34. The molecule has 2 aliphatic rings. The van der Waals surface area contributed by atoms with Gasteiger partial charge in [0, 0.05) is 29.2 Å². The van der Waals surface area contributed by atoms with E-state index in [0.717, 1.165) is 17.1 Å². The SMILES string of the molecule is O=C1C=C(c2ccc(N(c3ccccc3)c3ccc(C4=CC(=O)NC4=O)cc3)cc2)C(=O)N1. The lowest BCUT2D eigenvalue weighted by atomic mass is 10.0. The van der Waals surface area contributed by atoms with Crippen molar-refractivity contribution < 1.29 is 19.2 Å². The van der Waals surface area contributed by atoms with Gasteiger partial charge in [-0.1, -0.05) is 42.5 Å². The van der Waals surface area contributed by atoms with Gasteiger partial charge in [-0.3, -0.25) is 29.8 Å². The van der Waals surface area contributed by atoms with Crippen LogP contribution in [0.5, 0.6) is 0 Å². The van der Waals surface area contributed by atoms with Crippen molar-refractivity contribution in [3.05, 3.63) is 102 Å². The second-order valence-electron chi connectivity index (χ2n) is 7.52. The molecule has 0 aliphatic carbocycles. The number of carbonyl (C=O) groups is 4. The average Bonchev–Trinajstić information content (AvgIpc) is 3.35. The van der Waals surface area contributed by atoms with Crippen LogP contribution in [0.15, 0.2) is 91.0 Å². The Hall–Kier alpha value is -4.78. The van der Waals surface area contributed by atoms with E-state index in [1.54, 1.807) is 24.3 Å². The van der Waals surface area contributed by atoms with Gasteiger partial charge in [0.2, 0.25) is 0 Å². The van der Waals surface area contributed by atoms with Crippen molar-refractivity contribution in [2.24, 2.45) is 0 Å². The van der Waals surface area contributed by atoms with Gasteiger partial charge in [0.05, 0.1) is 11.1 Å². The number of imide groups is 2. The number of hydrogen-bond donors (Lipinski definition) is 2. The van der Waals surface area contributed by atoms with Gasteiger partial charge in [0.15, 0.2) is 0 Å². The van der Waals surface area contributed by atoms with Gasteiger partial charge < -0.3 is 4.90 Å². The van der Waals surface area contributed by atoms with Crippen LogP contribution in [0.2, 0.25) is 0 Å². The maximum atomic E-state index is 12.0. The van der Waals surface area contributed by atoms with E-state index in [9.17, 15) is 19.2 Å². The molecule has 33 heavy (non-hydrogen) atoms. The first-order chi connectivity index (χ1) is 16.0. The third-order valence-corrected chi connectivity index (χ3v) is 5.40. The van der Waals surface area contributed by atoms with Crippen molar-refractivity contribution in [1.82, 2.24) is 10.6 Å². The van der Waals surface area contributed by atoms with E-state index in [0.29, 0.717) is 22.3 Å². The summed E-state index contributed by atoms with van der Waals surface area (Å²) in [5.74, 6) is -1.66. The van der Waals surface area contributed by atoms with Crippen LogP contribution in [-0.2, 0) is 19.2 Å². The first kappa shape index (κ1) is 20.1. The zero-order chi connectivity index (χ0) is 22.9. The largest absolute Gasteiger partial charge is 0.311 e. The van der Waals surface area contributed by atoms with Crippen molar-refractivity contribution in [1.29, 1.82) is 0 Å². The molecule has 0 saturated carbocycles. The van der Waals surface area contributed by atoms with E-state index >= 15 is 0 Å². The minimum absolute atomic E-state index is 0.333. The lowest BCUT2D eigenvalue weighted by Crippen LogP contribution is -2.21. The molecular weight excluding hydrogens is 418 g/mol. The maximum absolute atomic E-state index is 12.0. The number of hydrogen-bond acceptors (Lipinski definition) is 5. The summed E-state index contributed by atoms with van der Waals surface area (Å²) in [5, 5.41) is 4.51. The molecule has 2 heterocycles. The van der Waals surface area contributed by atoms with Gasteiger partial charge in [-0.05, 0) is 47.5 Å². The van der Waals surface area contributed by atoms with Crippen LogP contribution < -0.4 is 15.5 Å². The second kappa shape index (κ2) is 8.05. The van der Waals surface area contributed by atoms with Crippen LogP contribution >= 0.6 is 0 Å². The third kappa shape index (κ3) is 3.83. The first-order valence-electron chi connectivity index (χ1n) is 10.2. The summed E-state index contributed by atoms with van der Waals surface area (Å²) in [5.41, 5.74) is 4.56. The summed E-state index contributed by atoms with van der Waals surface area (Å²) < 4.78 is 0. The molecule has 7 heteroatoms. The van der Waals surface area contributed by atoms with E-state index < -0.39 is 23.6 Å². The molecule has 0 fully saturated rings. The van der Waals surface area contributed by atoms with Crippen LogP contribution in [0.25, 0.3) is 11.1 Å². The summed E-state index contributed by atoms with van der Waals surface area (Å²) in [6.07, 6.45) is 2.59. The van der Waals surface area contributed by atoms with Gasteiger partial charge >= 0.3 is 0 Å². The Kier molecular flexibility index (Phi) is 4.91. The molecule has 0 aromatic heterocycles. The lowest BCUT2D eigenvalue weighted by molar-refractivity contribution is -0.124. The highest BCUT2D eigenvalue weighted by Gasteiger charge is 2.24.